The van der Waals surface area contributed by atoms with Gasteiger partial charge in [-0.15, -0.1) is 0 Å². The van der Waals surface area contributed by atoms with E-state index in [1.165, 1.54) is 38.5 Å². The van der Waals surface area contributed by atoms with Crippen LogP contribution in [0.4, 0.5) is 0 Å². The fourth-order valence-corrected chi connectivity index (χ4v) is 3.46. The van der Waals surface area contributed by atoms with Gasteiger partial charge in [-0.25, -0.2) is 0 Å². The van der Waals surface area contributed by atoms with Crippen molar-refractivity contribution in [2.45, 2.75) is 103 Å². The van der Waals surface area contributed by atoms with Gasteiger partial charge in [-0.3, -0.25) is 4.79 Å². The molecule has 1 atom stereocenters. The summed E-state index contributed by atoms with van der Waals surface area (Å²) < 4.78 is 12.1. The number of unbranched alkanes of at least 4 members (excludes halogenated alkanes) is 8. The van der Waals surface area contributed by atoms with Crippen molar-refractivity contribution in [1.82, 2.24) is 0 Å². The van der Waals surface area contributed by atoms with Crippen LogP contribution < -0.4 is 9.47 Å². The minimum absolute atomic E-state index is 0.177. The largest absolute Gasteiger partial charge is 0.490 e. The molecular formula is C26H42O4. The summed E-state index contributed by atoms with van der Waals surface area (Å²) >= 11 is 0. The van der Waals surface area contributed by atoms with Crippen molar-refractivity contribution in [3.05, 3.63) is 36.4 Å². The Kier molecular flexibility index (Phi) is 15.5. The second-order valence-corrected chi connectivity index (χ2v) is 7.88. The fraction of sp³-hybridized carbons (Fsp3) is 0.654. The van der Waals surface area contributed by atoms with Crippen LogP contribution in [0.5, 0.6) is 11.5 Å². The highest BCUT2D eigenvalue weighted by molar-refractivity contribution is 5.66. The molecule has 170 valence electrons. The molecule has 1 aromatic rings. The highest BCUT2D eigenvalue weighted by Gasteiger charge is 2.12. The molecule has 1 rings (SSSR count). The molecule has 1 aromatic carbocycles. The topological polar surface area (TPSA) is 55.8 Å². The summed E-state index contributed by atoms with van der Waals surface area (Å²) in [6, 6.07) is 7.95. The summed E-state index contributed by atoms with van der Waals surface area (Å²) in [5.74, 6) is 0.980. The predicted octanol–water partition coefficient (Wildman–Crippen LogP) is 7.56. The zero-order valence-corrected chi connectivity index (χ0v) is 19.1. The molecule has 0 aliphatic rings. The zero-order chi connectivity index (χ0) is 21.9. The molecule has 4 nitrogen and oxygen atoms in total. The maximum absolute atomic E-state index is 10.5. The van der Waals surface area contributed by atoms with E-state index in [2.05, 4.69) is 19.1 Å². The third-order valence-corrected chi connectivity index (χ3v) is 5.15. The van der Waals surface area contributed by atoms with Crippen LogP contribution >= 0.6 is 0 Å². The predicted molar refractivity (Wildman–Crippen MR) is 124 cm³/mol. The van der Waals surface area contributed by atoms with Gasteiger partial charge in [0.25, 0.3) is 0 Å². The van der Waals surface area contributed by atoms with Crippen molar-refractivity contribution in [3.63, 3.8) is 0 Å². The normalized spacial score (nSPS) is 12.2. The van der Waals surface area contributed by atoms with Gasteiger partial charge in [-0.05, 0) is 51.2 Å². The molecule has 0 saturated heterocycles. The average Bonchev–Trinajstić information content (AvgIpc) is 2.73. The number of carboxylic acids is 1. The van der Waals surface area contributed by atoms with Crippen molar-refractivity contribution < 1.29 is 19.4 Å². The quantitative estimate of drug-likeness (QED) is 0.186. The van der Waals surface area contributed by atoms with E-state index in [9.17, 15) is 4.79 Å². The average molecular weight is 419 g/mol. The highest BCUT2D eigenvalue weighted by atomic mass is 16.5. The number of hydrogen-bond acceptors (Lipinski definition) is 3. The van der Waals surface area contributed by atoms with Crippen LogP contribution in [0.2, 0.25) is 0 Å². The van der Waals surface area contributed by atoms with E-state index in [-0.39, 0.29) is 6.10 Å². The summed E-state index contributed by atoms with van der Waals surface area (Å²) in [7, 11) is 0. The molecule has 0 saturated carbocycles. The molecule has 0 fully saturated rings. The number of carbonyl (C=O) groups is 1. The number of hydrogen-bond donors (Lipinski definition) is 1. The Bertz CT molecular complexity index is 582. The van der Waals surface area contributed by atoms with E-state index < -0.39 is 5.97 Å². The molecule has 0 heterocycles. The van der Waals surface area contributed by atoms with E-state index in [1.807, 2.05) is 31.2 Å². The third-order valence-electron chi connectivity index (χ3n) is 5.15. The Morgan fingerprint density at radius 2 is 1.63 bits per heavy atom. The highest BCUT2D eigenvalue weighted by Crippen LogP contribution is 2.29. The molecule has 0 amide bonds. The number of rotatable bonds is 19. The van der Waals surface area contributed by atoms with Crippen LogP contribution in [0.1, 0.15) is 97.3 Å². The number of allylic oxidation sites excluding steroid dienone is 1. The molecule has 0 spiro atoms. The van der Waals surface area contributed by atoms with Gasteiger partial charge in [0.15, 0.2) is 11.5 Å². The molecule has 0 aromatic heterocycles. The summed E-state index contributed by atoms with van der Waals surface area (Å²) in [5.41, 5.74) is 0. The summed E-state index contributed by atoms with van der Waals surface area (Å²) in [6.07, 6.45) is 18.3. The van der Waals surface area contributed by atoms with E-state index in [0.717, 1.165) is 50.0 Å². The molecule has 30 heavy (non-hydrogen) atoms. The van der Waals surface area contributed by atoms with Gasteiger partial charge in [-0.2, -0.15) is 0 Å². The molecule has 0 radical (unpaired) electrons. The Labute approximate surface area is 183 Å². The van der Waals surface area contributed by atoms with E-state index in [0.29, 0.717) is 13.0 Å². The standard InChI is InChI=1S/C26H42O4/c1-3-5-6-13-18-23(30-25-21-17-16-20-24(25)29-4-2)19-14-11-9-7-8-10-12-15-22-26(27)28/h11,14,16-17,20-21,23H,3-10,12-13,15,18-19,22H2,1-2H3,(H,27,28)/b14-11-/t23-/m0/s1. The van der Waals surface area contributed by atoms with Gasteiger partial charge in [0.2, 0.25) is 0 Å². The van der Waals surface area contributed by atoms with Gasteiger partial charge in [-0.1, -0.05) is 69.7 Å². The minimum atomic E-state index is -0.687. The number of carboxylic acid groups (broad SMARTS) is 1. The fourth-order valence-electron chi connectivity index (χ4n) is 3.46. The van der Waals surface area contributed by atoms with Gasteiger partial charge < -0.3 is 14.6 Å². The van der Waals surface area contributed by atoms with Crippen LogP contribution in [-0.2, 0) is 4.79 Å². The van der Waals surface area contributed by atoms with Crippen molar-refractivity contribution >= 4 is 5.97 Å². The van der Waals surface area contributed by atoms with Crippen LogP contribution in [-0.4, -0.2) is 23.8 Å². The lowest BCUT2D eigenvalue weighted by atomic mass is 10.1. The molecule has 1 N–H and O–H groups in total. The first-order valence-corrected chi connectivity index (χ1v) is 11.9. The Balaban J connectivity index is 2.39. The first-order valence-electron chi connectivity index (χ1n) is 11.9. The van der Waals surface area contributed by atoms with Gasteiger partial charge >= 0.3 is 5.97 Å². The molecule has 0 aliphatic heterocycles. The SMILES string of the molecule is CCCCCC[C@@H](C/C=C\CCCCCCCC(=O)O)Oc1ccccc1OCC. The minimum Gasteiger partial charge on any atom is -0.490 e. The van der Waals surface area contributed by atoms with E-state index in [4.69, 9.17) is 14.6 Å². The van der Waals surface area contributed by atoms with Crippen LogP contribution in [0.3, 0.4) is 0 Å². The lowest BCUT2D eigenvalue weighted by molar-refractivity contribution is -0.137. The number of benzene rings is 1. The van der Waals surface area contributed by atoms with Gasteiger partial charge in [0.05, 0.1) is 6.61 Å². The lowest BCUT2D eigenvalue weighted by Gasteiger charge is -2.20. The van der Waals surface area contributed by atoms with Gasteiger partial charge in [0.1, 0.15) is 6.10 Å². The van der Waals surface area contributed by atoms with Crippen molar-refractivity contribution in [1.29, 1.82) is 0 Å². The van der Waals surface area contributed by atoms with Crippen LogP contribution in [0, 0.1) is 0 Å². The molecular weight excluding hydrogens is 376 g/mol. The van der Waals surface area contributed by atoms with Crippen molar-refractivity contribution in [2.24, 2.45) is 0 Å². The smallest absolute Gasteiger partial charge is 0.303 e. The first-order chi connectivity index (χ1) is 14.7. The van der Waals surface area contributed by atoms with E-state index in [1.54, 1.807) is 0 Å². The van der Waals surface area contributed by atoms with Gasteiger partial charge in [0, 0.05) is 12.8 Å². The first kappa shape index (κ1) is 26.1. The van der Waals surface area contributed by atoms with Crippen molar-refractivity contribution in [3.8, 4) is 11.5 Å². The zero-order valence-electron chi connectivity index (χ0n) is 19.1. The second kappa shape index (κ2) is 17.9. The Hall–Kier alpha value is -1.97. The number of ether oxygens (including phenoxy) is 2. The summed E-state index contributed by atoms with van der Waals surface area (Å²) in [4.78, 5) is 10.5. The molecule has 4 heteroatoms. The number of para-hydroxylation sites is 2. The molecule has 0 bridgehead atoms. The van der Waals surface area contributed by atoms with Crippen LogP contribution in [0.25, 0.3) is 0 Å². The number of aliphatic carboxylic acids is 1. The maximum atomic E-state index is 10.5. The van der Waals surface area contributed by atoms with E-state index >= 15 is 0 Å². The second-order valence-electron chi connectivity index (χ2n) is 7.88. The van der Waals surface area contributed by atoms with Crippen LogP contribution in [0.15, 0.2) is 36.4 Å². The maximum Gasteiger partial charge on any atom is 0.303 e. The lowest BCUT2D eigenvalue weighted by Crippen LogP contribution is -2.16. The van der Waals surface area contributed by atoms with Crippen molar-refractivity contribution in [2.75, 3.05) is 6.61 Å². The Morgan fingerprint density at radius 1 is 0.933 bits per heavy atom. The summed E-state index contributed by atoms with van der Waals surface area (Å²) in [5, 5.41) is 8.65. The Morgan fingerprint density at radius 3 is 2.37 bits per heavy atom. The summed E-state index contributed by atoms with van der Waals surface area (Å²) in [6.45, 7) is 4.87. The molecule has 0 aliphatic carbocycles. The molecule has 0 unspecified atom stereocenters. The third kappa shape index (κ3) is 13.3. The monoisotopic (exact) mass is 418 g/mol.